The van der Waals surface area contributed by atoms with Gasteiger partial charge in [0.15, 0.2) is 0 Å². The van der Waals surface area contributed by atoms with Gasteiger partial charge >= 0.3 is 0 Å². The van der Waals surface area contributed by atoms with E-state index in [2.05, 4.69) is 4.99 Å². The van der Waals surface area contributed by atoms with Crippen molar-refractivity contribution < 1.29 is 14.4 Å². The van der Waals surface area contributed by atoms with Gasteiger partial charge in [-0.15, -0.1) is 0 Å². The number of methoxy groups -OCH3 is 1. The third-order valence-corrected chi connectivity index (χ3v) is 5.71. The first-order chi connectivity index (χ1) is 17.0. The Hall–Kier alpha value is -4.10. The summed E-state index contributed by atoms with van der Waals surface area (Å²) in [6.07, 6.45) is 2.86. The predicted octanol–water partition coefficient (Wildman–Crippen LogP) is 5.09. The Morgan fingerprint density at radius 1 is 1.00 bits per heavy atom. The number of nitrogen functional groups attached to an aromatic ring is 1. The second-order valence-corrected chi connectivity index (χ2v) is 8.37. The number of carbonyl (C=O) groups is 1. The van der Waals surface area contributed by atoms with Crippen LogP contribution in [0.25, 0.3) is 17.2 Å². The van der Waals surface area contributed by atoms with Crippen molar-refractivity contribution in [1.82, 2.24) is 5.06 Å². The fraction of sp³-hybridized carbons (Fsp3) is 0.214. The van der Waals surface area contributed by atoms with Crippen LogP contribution in [0, 0.1) is 0 Å². The maximum atomic E-state index is 13.4. The highest BCUT2D eigenvalue weighted by Gasteiger charge is 2.22. The van der Waals surface area contributed by atoms with Crippen molar-refractivity contribution >= 4 is 29.2 Å². The highest BCUT2D eigenvalue weighted by atomic mass is 16.7. The summed E-state index contributed by atoms with van der Waals surface area (Å²) in [5.74, 6) is 0.963. The lowest BCUT2D eigenvalue weighted by molar-refractivity contribution is -0.187. The van der Waals surface area contributed by atoms with E-state index in [1.807, 2.05) is 79.7 Å². The van der Waals surface area contributed by atoms with Gasteiger partial charge in [-0.05, 0) is 59.5 Å². The Bertz CT molecular complexity index is 1250. The van der Waals surface area contributed by atoms with E-state index in [9.17, 15) is 4.79 Å². The molecule has 35 heavy (non-hydrogen) atoms. The molecular weight excluding hydrogens is 440 g/mol. The minimum Gasteiger partial charge on any atom is -0.497 e. The van der Waals surface area contributed by atoms with Gasteiger partial charge in [-0.3, -0.25) is 9.63 Å². The highest BCUT2D eigenvalue weighted by Crippen LogP contribution is 2.32. The van der Waals surface area contributed by atoms with Crippen LogP contribution in [0.3, 0.4) is 0 Å². The van der Waals surface area contributed by atoms with Gasteiger partial charge < -0.3 is 16.2 Å². The van der Waals surface area contributed by atoms with Gasteiger partial charge in [-0.25, -0.2) is 10.1 Å². The third kappa shape index (κ3) is 5.88. The molecule has 1 amide bonds. The first-order valence-corrected chi connectivity index (χ1v) is 11.6. The Labute approximate surface area is 205 Å². The number of anilines is 1. The van der Waals surface area contributed by atoms with Crippen molar-refractivity contribution in [2.24, 2.45) is 10.7 Å². The maximum absolute atomic E-state index is 13.4. The van der Waals surface area contributed by atoms with E-state index < -0.39 is 0 Å². The summed E-state index contributed by atoms with van der Waals surface area (Å²) in [7, 11) is 1.64. The molecular formula is C28H30N4O3. The lowest BCUT2D eigenvalue weighted by Gasteiger charge is -2.22. The molecule has 1 heterocycles. The largest absolute Gasteiger partial charge is 0.497 e. The number of carbonyl (C=O) groups excluding carboxylic acids is 1. The molecule has 0 saturated carbocycles. The van der Waals surface area contributed by atoms with E-state index >= 15 is 0 Å². The fourth-order valence-electron chi connectivity index (χ4n) is 3.85. The molecule has 1 aliphatic rings. The summed E-state index contributed by atoms with van der Waals surface area (Å²) >= 11 is 0. The van der Waals surface area contributed by atoms with Crippen LogP contribution in [0.4, 0.5) is 11.4 Å². The highest BCUT2D eigenvalue weighted by molar-refractivity contribution is 6.05. The first-order valence-electron chi connectivity index (χ1n) is 11.6. The number of nitrogens with zero attached hydrogens (tertiary/aromatic N) is 2. The van der Waals surface area contributed by atoms with E-state index in [1.165, 1.54) is 5.06 Å². The van der Waals surface area contributed by atoms with Crippen LogP contribution in [0.15, 0.2) is 77.3 Å². The smallest absolute Gasteiger partial charge is 0.273 e. The number of fused-ring (bicyclic) bond motifs is 1. The molecule has 3 aromatic rings. The lowest BCUT2D eigenvalue weighted by Crippen LogP contribution is -2.34. The maximum Gasteiger partial charge on any atom is 0.273 e. The minimum absolute atomic E-state index is 0.215. The summed E-state index contributed by atoms with van der Waals surface area (Å²) in [6.45, 7) is 2.73. The number of ether oxygens (including phenoxy) is 1. The Morgan fingerprint density at radius 3 is 2.40 bits per heavy atom. The second kappa shape index (κ2) is 10.9. The van der Waals surface area contributed by atoms with Gasteiger partial charge in [-0.1, -0.05) is 43.3 Å². The van der Waals surface area contributed by atoms with Crippen LogP contribution in [-0.2, 0) is 16.2 Å². The van der Waals surface area contributed by atoms with Gasteiger partial charge in [0.05, 0.1) is 12.8 Å². The van der Waals surface area contributed by atoms with Gasteiger partial charge in [0.1, 0.15) is 18.2 Å². The quantitative estimate of drug-likeness (QED) is 0.353. The van der Waals surface area contributed by atoms with Gasteiger partial charge in [0.2, 0.25) is 0 Å². The van der Waals surface area contributed by atoms with Crippen molar-refractivity contribution in [2.75, 3.05) is 19.4 Å². The standard InChI is InChI=1S/C28H30N4O3/c1-3-14-32(35-18-19-4-10-24(29)11-5-19)28(33)23-15-22-7-6-21(16-26(22)31-27(30)17-23)20-8-12-25(34-2)13-9-20/h4-13,15-16H,3,14,17-18,29H2,1-2H3,(H2,30,31). The van der Waals surface area contributed by atoms with Crippen LogP contribution in [0.2, 0.25) is 0 Å². The molecule has 180 valence electrons. The molecule has 0 atom stereocenters. The van der Waals surface area contributed by atoms with E-state index in [4.69, 9.17) is 21.0 Å². The summed E-state index contributed by atoms with van der Waals surface area (Å²) in [4.78, 5) is 23.9. The average Bonchev–Trinajstić information content (AvgIpc) is 3.04. The van der Waals surface area contributed by atoms with Crippen LogP contribution in [0.5, 0.6) is 5.75 Å². The SMILES string of the molecule is CCCN(OCc1ccc(N)cc1)C(=O)C1=Cc2ccc(-c3ccc(OC)cc3)cc2N=C(N)C1. The summed E-state index contributed by atoms with van der Waals surface area (Å²) < 4.78 is 5.25. The molecule has 0 aromatic heterocycles. The average molecular weight is 471 g/mol. The molecule has 0 saturated heterocycles. The molecule has 3 aromatic carbocycles. The van der Waals surface area contributed by atoms with Gasteiger partial charge in [0.25, 0.3) is 5.91 Å². The monoisotopic (exact) mass is 470 g/mol. The first kappa shape index (κ1) is 24.0. The Morgan fingerprint density at radius 2 is 1.71 bits per heavy atom. The Kier molecular flexibility index (Phi) is 7.48. The molecule has 0 spiro atoms. The normalized spacial score (nSPS) is 12.7. The number of amidine groups is 1. The van der Waals surface area contributed by atoms with Crippen LogP contribution in [0.1, 0.15) is 30.9 Å². The molecule has 4 rings (SSSR count). The van der Waals surface area contributed by atoms with Crippen molar-refractivity contribution in [3.05, 3.63) is 83.4 Å². The second-order valence-electron chi connectivity index (χ2n) is 8.37. The van der Waals surface area contributed by atoms with Crippen LogP contribution in [-0.4, -0.2) is 30.5 Å². The number of hydrogen-bond donors (Lipinski definition) is 2. The molecule has 0 fully saturated rings. The summed E-state index contributed by atoms with van der Waals surface area (Å²) in [5.41, 5.74) is 17.7. The number of amides is 1. The third-order valence-electron chi connectivity index (χ3n) is 5.71. The van der Waals surface area contributed by atoms with Crippen LogP contribution >= 0.6 is 0 Å². The van der Waals surface area contributed by atoms with Crippen molar-refractivity contribution in [1.29, 1.82) is 0 Å². The van der Waals surface area contributed by atoms with Crippen molar-refractivity contribution in [2.45, 2.75) is 26.4 Å². The molecule has 1 aliphatic heterocycles. The topological polar surface area (TPSA) is 103 Å². The molecule has 7 heteroatoms. The summed E-state index contributed by atoms with van der Waals surface area (Å²) in [6, 6.07) is 21.2. The van der Waals surface area contributed by atoms with Crippen molar-refractivity contribution in [3.8, 4) is 16.9 Å². The number of benzene rings is 3. The zero-order valence-corrected chi connectivity index (χ0v) is 20.0. The zero-order valence-electron chi connectivity index (χ0n) is 20.0. The number of hydroxylamine groups is 2. The Balaban J connectivity index is 1.57. The number of rotatable bonds is 8. The molecule has 0 bridgehead atoms. The predicted molar refractivity (Wildman–Crippen MR) is 140 cm³/mol. The van der Waals surface area contributed by atoms with E-state index in [-0.39, 0.29) is 18.9 Å². The zero-order chi connectivity index (χ0) is 24.8. The van der Waals surface area contributed by atoms with Gasteiger partial charge in [-0.2, -0.15) is 0 Å². The lowest BCUT2D eigenvalue weighted by atomic mass is 10.0. The number of hydrogen-bond acceptors (Lipinski definition) is 6. The molecule has 4 N–H and O–H groups in total. The number of nitrogens with two attached hydrogens (primary N) is 2. The summed E-state index contributed by atoms with van der Waals surface area (Å²) in [5, 5.41) is 1.41. The van der Waals surface area contributed by atoms with Crippen molar-refractivity contribution in [3.63, 3.8) is 0 Å². The molecule has 0 unspecified atom stereocenters. The molecule has 7 nitrogen and oxygen atoms in total. The van der Waals surface area contributed by atoms with E-state index in [0.717, 1.165) is 40.1 Å². The number of aliphatic imine (C=N–C) groups is 1. The molecule has 0 radical (unpaired) electrons. The minimum atomic E-state index is -0.215. The molecule has 0 aliphatic carbocycles. The van der Waals surface area contributed by atoms with E-state index in [1.54, 1.807) is 7.11 Å². The van der Waals surface area contributed by atoms with E-state index in [0.29, 0.717) is 23.6 Å². The fourth-order valence-corrected chi connectivity index (χ4v) is 3.85. The van der Waals surface area contributed by atoms with Gasteiger partial charge in [0, 0.05) is 29.8 Å². The van der Waals surface area contributed by atoms with Crippen LogP contribution < -0.4 is 16.2 Å².